The van der Waals surface area contributed by atoms with Crippen LogP contribution in [0.1, 0.15) is 29.3 Å². The summed E-state index contributed by atoms with van der Waals surface area (Å²) >= 11 is 5.96. The maximum atomic E-state index is 11.5. The van der Waals surface area contributed by atoms with Crippen LogP contribution in [0.4, 0.5) is 5.69 Å². The molecule has 1 amide bonds. The molecule has 1 heterocycles. The van der Waals surface area contributed by atoms with E-state index in [0.717, 1.165) is 11.3 Å². The van der Waals surface area contributed by atoms with Gasteiger partial charge in [0.25, 0.3) is 0 Å². The zero-order valence-electron chi connectivity index (χ0n) is 8.26. The predicted molar refractivity (Wildman–Crippen MR) is 58.4 cm³/mol. The quantitative estimate of drug-likeness (QED) is 0.783. The van der Waals surface area contributed by atoms with Gasteiger partial charge in [0, 0.05) is 17.7 Å². The molecule has 1 aromatic carbocycles. The third kappa shape index (κ3) is 1.75. The van der Waals surface area contributed by atoms with Crippen LogP contribution in [0.3, 0.4) is 0 Å². The van der Waals surface area contributed by atoms with Gasteiger partial charge in [-0.1, -0.05) is 18.5 Å². The summed E-state index contributed by atoms with van der Waals surface area (Å²) in [5.74, 6) is -0.0516. The minimum Gasteiger partial charge on any atom is -0.325 e. The number of ketones is 1. The Balaban J connectivity index is 2.48. The van der Waals surface area contributed by atoms with Gasteiger partial charge >= 0.3 is 0 Å². The number of hydrogen-bond donors (Lipinski definition) is 1. The average Bonchev–Trinajstić information content (AvgIpc) is 2.55. The topological polar surface area (TPSA) is 46.2 Å². The van der Waals surface area contributed by atoms with Crippen molar-refractivity contribution in [2.75, 3.05) is 5.32 Å². The van der Waals surface area contributed by atoms with Crippen LogP contribution in [0.5, 0.6) is 0 Å². The second kappa shape index (κ2) is 3.66. The number of hydrogen-bond acceptors (Lipinski definition) is 2. The Morgan fingerprint density at radius 3 is 2.93 bits per heavy atom. The summed E-state index contributed by atoms with van der Waals surface area (Å²) in [4.78, 5) is 22.6. The highest BCUT2D eigenvalue weighted by molar-refractivity contribution is 6.34. The molecule has 15 heavy (non-hydrogen) atoms. The third-order valence-corrected chi connectivity index (χ3v) is 2.75. The van der Waals surface area contributed by atoms with Gasteiger partial charge in [-0.05, 0) is 17.7 Å². The molecule has 4 heteroatoms. The van der Waals surface area contributed by atoms with Crippen molar-refractivity contribution in [1.29, 1.82) is 0 Å². The van der Waals surface area contributed by atoms with Gasteiger partial charge in [0.2, 0.25) is 5.91 Å². The molecule has 0 fully saturated rings. The van der Waals surface area contributed by atoms with Crippen LogP contribution in [0, 0.1) is 0 Å². The molecule has 3 nitrogen and oxygen atoms in total. The third-order valence-electron chi connectivity index (χ3n) is 2.44. The van der Waals surface area contributed by atoms with Gasteiger partial charge in [-0.2, -0.15) is 0 Å². The predicted octanol–water partition coefficient (Wildman–Crippen LogP) is 2.43. The molecular formula is C11H10ClNO2. The standard InChI is InChI=1S/C11H10ClNO2/c1-2-10(14)7-3-6-4-11(15)13-9(6)5-8(7)12/h3,5H,2,4H2,1H3,(H,13,15). The summed E-state index contributed by atoms with van der Waals surface area (Å²) in [6.07, 6.45) is 0.746. The molecule has 1 aromatic rings. The number of amides is 1. The average molecular weight is 224 g/mol. The summed E-state index contributed by atoms with van der Waals surface area (Å²) in [6.45, 7) is 1.79. The first-order valence-corrected chi connectivity index (χ1v) is 5.15. The van der Waals surface area contributed by atoms with Crippen molar-refractivity contribution < 1.29 is 9.59 Å². The first-order chi connectivity index (χ1) is 7.11. The van der Waals surface area contributed by atoms with Crippen LogP contribution in [0.15, 0.2) is 12.1 Å². The molecule has 0 saturated heterocycles. The lowest BCUT2D eigenvalue weighted by Gasteiger charge is -2.05. The monoisotopic (exact) mass is 223 g/mol. The highest BCUT2D eigenvalue weighted by Crippen LogP contribution is 2.30. The SMILES string of the molecule is CCC(=O)c1cc2c(cc1Cl)NC(=O)C2. The molecular weight excluding hydrogens is 214 g/mol. The lowest BCUT2D eigenvalue weighted by molar-refractivity contribution is -0.115. The van der Waals surface area contributed by atoms with Crippen molar-refractivity contribution in [2.24, 2.45) is 0 Å². The second-order valence-corrected chi connectivity index (χ2v) is 3.90. The summed E-state index contributed by atoms with van der Waals surface area (Å²) in [7, 11) is 0. The molecule has 1 N–H and O–H groups in total. The number of nitrogens with one attached hydrogen (secondary N) is 1. The van der Waals surface area contributed by atoms with E-state index in [4.69, 9.17) is 11.6 Å². The van der Waals surface area contributed by atoms with Crippen molar-refractivity contribution >= 4 is 29.0 Å². The maximum absolute atomic E-state index is 11.5. The van der Waals surface area contributed by atoms with Crippen LogP contribution in [0.2, 0.25) is 5.02 Å². The van der Waals surface area contributed by atoms with Crippen molar-refractivity contribution in [3.63, 3.8) is 0 Å². The maximum Gasteiger partial charge on any atom is 0.228 e. The highest BCUT2D eigenvalue weighted by atomic mass is 35.5. The van der Waals surface area contributed by atoms with Crippen molar-refractivity contribution in [1.82, 2.24) is 0 Å². The first kappa shape index (κ1) is 10.2. The zero-order chi connectivity index (χ0) is 11.0. The summed E-state index contributed by atoms with van der Waals surface area (Å²) in [5, 5.41) is 3.09. The fourth-order valence-corrected chi connectivity index (χ4v) is 1.92. The Morgan fingerprint density at radius 1 is 1.53 bits per heavy atom. The molecule has 78 valence electrons. The van der Waals surface area contributed by atoms with Crippen LogP contribution in [0.25, 0.3) is 0 Å². The number of carbonyl (C=O) groups excluding carboxylic acids is 2. The minimum absolute atomic E-state index is 0.00199. The van der Waals surface area contributed by atoms with Crippen molar-refractivity contribution in [3.8, 4) is 0 Å². The molecule has 0 radical (unpaired) electrons. The van der Waals surface area contributed by atoms with Gasteiger partial charge in [-0.25, -0.2) is 0 Å². The van der Waals surface area contributed by atoms with Gasteiger partial charge in [-0.3, -0.25) is 9.59 Å². The van der Waals surface area contributed by atoms with E-state index >= 15 is 0 Å². The number of rotatable bonds is 2. The molecule has 1 aliphatic rings. The molecule has 0 aliphatic carbocycles. The fraction of sp³-hybridized carbons (Fsp3) is 0.273. The lowest BCUT2D eigenvalue weighted by Crippen LogP contribution is -2.03. The Hall–Kier alpha value is -1.35. The van der Waals surface area contributed by atoms with Gasteiger partial charge in [0.15, 0.2) is 5.78 Å². The highest BCUT2D eigenvalue weighted by Gasteiger charge is 2.21. The number of carbonyl (C=O) groups is 2. The lowest BCUT2D eigenvalue weighted by atomic mass is 10.0. The molecule has 0 atom stereocenters. The molecule has 0 unspecified atom stereocenters. The van der Waals surface area contributed by atoms with Crippen LogP contribution in [-0.4, -0.2) is 11.7 Å². The Bertz CT molecular complexity index is 454. The molecule has 0 bridgehead atoms. The minimum atomic E-state index is -0.0536. The van der Waals surface area contributed by atoms with Crippen LogP contribution in [-0.2, 0) is 11.2 Å². The number of halogens is 1. The van der Waals surface area contributed by atoms with Gasteiger partial charge in [-0.15, -0.1) is 0 Å². The summed E-state index contributed by atoms with van der Waals surface area (Å²) < 4.78 is 0. The number of Topliss-reactive ketones (excluding diaryl/α,β-unsaturated/α-hetero) is 1. The number of benzene rings is 1. The number of fused-ring (bicyclic) bond motifs is 1. The second-order valence-electron chi connectivity index (χ2n) is 3.49. The smallest absolute Gasteiger partial charge is 0.228 e. The largest absolute Gasteiger partial charge is 0.325 e. The van der Waals surface area contributed by atoms with E-state index in [9.17, 15) is 9.59 Å². The van der Waals surface area contributed by atoms with E-state index in [1.807, 2.05) is 0 Å². The van der Waals surface area contributed by atoms with E-state index in [1.54, 1.807) is 19.1 Å². The molecule has 0 saturated carbocycles. The number of anilines is 1. The summed E-state index contributed by atoms with van der Waals surface area (Å²) in [6, 6.07) is 3.35. The Morgan fingerprint density at radius 2 is 2.27 bits per heavy atom. The van der Waals surface area contributed by atoms with E-state index in [-0.39, 0.29) is 11.7 Å². The van der Waals surface area contributed by atoms with Gasteiger partial charge in [0.1, 0.15) is 0 Å². The van der Waals surface area contributed by atoms with Gasteiger partial charge in [0.05, 0.1) is 11.4 Å². The summed E-state index contributed by atoms with van der Waals surface area (Å²) in [5.41, 5.74) is 2.08. The Labute approximate surface area is 92.4 Å². The van der Waals surface area contributed by atoms with E-state index in [1.165, 1.54) is 0 Å². The fourth-order valence-electron chi connectivity index (χ4n) is 1.65. The molecule has 0 aromatic heterocycles. The first-order valence-electron chi connectivity index (χ1n) is 4.77. The van der Waals surface area contributed by atoms with Crippen LogP contribution < -0.4 is 5.32 Å². The van der Waals surface area contributed by atoms with E-state index in [0.29, 0.717) is 23.4 Å². The Kier molecular flexibility index (Phi) is 2.49. The van der Waals surface area contributed by atoms with Crippen molar-refractivity contribution in [3.05, 3.63) is 28.3 Å². The normalized spacial score (nSPS) is 13.6. The molecule has 0 spiro atoms. The molecule has 1 aliphatic heterocycles. The molecule has 2 rings (SSSR count). The zero-order valence-corrected chi connectivity index (χ0v) is 9.02. The van der Waals surface area contributed by atoms with E-state index < -0.39 is 0 Å². The van der Waals surface area contributed by atoms with Crippen LogP contribution >= 0.6 is 11.6 Å². The van der Waals surface area contributed by atoms with E-state index in [2.05, 4.69) is 5.32 Å². The van der Waals surface area contributed by atoms with Gasteiger partial charge < -0.3 is 5.32 Å². The van der Waals surface area contributed by atoms with Crippen molar-refractivity contribution in [2.45, 2.75) is 19.8 Å².